The van der Waals surface area contributed by atoms with Crippen LogP contribution in [0, 0.1) is 5.82 Å². The molecule has 0 aliphatic rings. The van der Waals surface area contributed by atoms with Gasteiger partial charge in [0.05, 0.1) is 17.3 Å². The van der Waals surface area contributed by atoms with Gasteiger partial charge in [-0.2, -0.15) is 0 Å². The maximum absolute atomic E-state index is 13.1. The molecular weight excluding hydrogens is 251 g/mol. The Morgan fingerprint density at radius 3 is 2.84 bits per heavy atom. The second-order valence-corrected chi connectivity index (χ2v) is 3.90. The van der Waals surface area contributed by atoms with Crippen molar-refractivity contribution >= 4 is 17.1 Å². The maximum atomic E-state index is 13.1. The predicted molar refractivity (Wildman–Crippen MR) is 64.2 cm³/mol. The van der Waals surface area contributed by atoms with E-state index in [9.17, 15) is 9.18 Å². The Morgan fingerprint density at radius 2 is 2.11 bits per heavy atom. The first-order chi connectivity index (χ1) is 9.13. The van der Waals surface area contributed by atoms with Gasteiger partial charge in [0.2, 0.25) is 5.89 Å². The lowest BCUT2D eigenvalue weighted by Gasteiger charge is -1.93. The molecule has 1 aromatic carbocycles. The molecular formula is C13H7FN2O3. The van der Waals surface area contributed by atoms with Gasteiger partial charge in [0.25, 0.3) is 0 Å². The van der Waals surface area contributed by atoms with Crippen LogP contribution in [-0.2, 0) is 0 Å². The quantitative estimate of drug-likeness (QED) is 0.764. The normalized spacial score (nSPS) is 10.8. The number of rotatable bonds is 2. The summed E-state index contributed by atoms with van der Waals surface area (Å²) in [6.45, 7) is 0. The molecule has 19 heavy (non-hydrogen) atoms. The SMILES string of the molecule is O=C(O)c1ccc2nc(-c3cncc(F)c3)oc2c1. The fraction of sp³-hybridized carbons (Fsp3) is 0. The minimum Gasteiger partial charge on any atom is -0.478 e. The lowest BCUT2D eigenvalue weighted by atomic mass is 10.2. The van der Waals surface area contributed by atoms with Crippen LogP contribution in [0.5, 0.6) is 0 Å². The smallest absolute Gasteiger partial charge is 0.335 e. The fourth-order valence-electron chi connectivity index (χ4n) is 1.71. The van der Waals surface area contributed by atoms with Gasteiger partial charge in [-0.05, 0) is 24.3 Å². The number of benzene rings is 1. The van der Waals surface area contributed by atoms with Gasteiger partial charge < -0.3 is 9.52 Å². The number of nitrogens with zero attached hydrogens (tertiary/aromatic N) is 2. The van der Waals surface area contributed by atoms with Crippen LogP contribution in [-0.4, -0.2) is 21.0 Å². The summed E-state index contributed by atoms with van der Waals surface area (Å²) in [5.74, 6) is -1.34. The first kappa shape index (κ1) is 11.3. The molecule has 5 nitrogen and oxygen atoms in total. The average molecular weight is 258 g/mol. The third-order valence-electron chi connectivity index (χ3n) is 2.59. The summed E-state index contributed by atoms with van der Waals surface area (Å²) in [6.07, 6.45) is 2.50. The van der Waals surface area contributed by atoms with Crippen molar-refractivity contribution in [2.24, 2.45) is 0 Å². The third-order valence-corrected chi connectivity index (χ3v) is 2.59. The Labute approximate surface area is 106 Å². The molecule has 0 radical (unpaired) electrons. The highest BCUT2D eigenvalue weighted by molar-refractivity contribution is 5.92. The van der Waals surface area contributed by atoms with Crippen LogP contribution in [0.15, 0.2) is 41.1 Å². The number of halogens is 1. The van der Waals surface area contributed by atoms with Crippen molar-refractivity contribution in [3.8, 4) is 11.5 Å². The zero-order valence-electron chi connectivity index (χ0n) is 9.50. The number of aromatic nitrogens is 2. The molecule has 3 aromatic rings. The zero-order chi connectivity index (χ0) is 13.4. The van der Waals surface area contributed by atoms with E-state index in [0.29, 0.717) is 16.7 Å². The number of fused-ring (bicyclic) bond motifs is 1. The topological polar surface area (TPSA) is 76.2 Å². The van der Waals surface area contributed by atoms with Gasteiger partial charge in [-0.3, -0.25) is 4.98 Å². The standard InChI is InChI=1S/C13H7FN2O3/c14-9-3-8(5-15-6-9)12-16-10-2-1-7(13(17)18)4-11(10)19-12/h1-6H,(H,17,18). The van der Waals surface area contributed by atoms with Gasteiger partial charge in [-0.15, -0.1) is 0 Å². The molecule has 0 saturated heterocycles. The molecule has 2 heterocycles. The number of hydrogen-bond acceptors (Lipinski definition) is 4. The van der Waals surface area contributed by atoms with Crippen LogP contribution in [0.3, 0.4) is 0 Å². The predicted octanol–water partition coefficient (Wildman–Crippen LogP) is 2.73. The second kappa shape index (κ2) is 4.16. The van der Waals surface area contributed by atoms with E-state index in [-0.39, 0.29) is 11.5 Å². The molecule has 0 spiro atoms. The van der Waals surface area contributed by atoms with E-state index in [2.05, 4.69) is 9.97 Å². The summed E-state index contributed by atoms with van der Waals surface area (Å²) in [4.78, 5) is 18.7. The molecule has 0 fully saturated rings. The Kier molecular flexibility index (Phi) is 2.49. The number of oxazole rings is 1. The van der Waals surface area contributed by atoms with Crippen LogP contribution in [0.1, 0.15) is 10.4 Å². The molecule has 0 bridgehead atoms. The van der Waals surface area contributed by atoms with E-state index >= 15 is 0 Å². The molecule has 1 N–H and O–H groups in total. The Bertz CT molecular complexity index is 782. The van der Waals surface area contributed by atoms with E-state index in [0.717, 1.165) is 6.20 Å². The van der Waals surface area contributed by atoms with E-state index in [4.69, 9.17) is 9.52 Å². The number of carboxylic acids is 1. The molecule has 0 aliphatic heterocycles. The summed E-state index contributed by atoms with van der Waals surface area (Å²) >= 11 is 0. The van der Waals surface area contributed by atoms with Gasteiger partial charge in [0.15, 0.2) is 5.58 Å². The highest BCUT2D eigenvalue weighted by Crippen LogP contribution is 2.24. The van der Waals surface area contributed by atoms with Crippen molar-refractivity contribution in [1.82, 2.24) is 9.97 Å². The molecule has 6 heteroatoms. The van der Waals surface area contributed by atoms with Crippen LogP contribution in [0.25, 0.3) is 22.6 Å². The number of hydrogen-bond donors (Lipinski definition) is 1. The number of pyridine rings is 1. The molecule has 0 unspecified atom stereocenters. The van der Waals surface area contributed by atoms with E-state index in [1.54, 1.807) is 6.07 Å². The lowest BCUT2D eigenvalue weighted by molar-refractivity contribution is 0.0697. The fourth-order valence-corrected chi connectivity index (χ4v) is 1.71. The van der Waals surface area contributed by atoms with Crippen LogP contribution in [0.4, 0.5) is 4.39 Å². The molecule has 94 valence electrons. The van der Waals surface area contributed by atoms with E-state index in [1.165, 1.54) is 24.4 Å². The monoisotopic (exact) mass is 258 g/mol. The Morgan fingerprint density at radius 1 is 1.26 bits per heavy atom. The number of carboxylic acid groups (broad SMARTS) is 1. The third kappa shape index (κ3) is 2.03. The minimum absolute atomic E-state index is 0.104. The van der Waals surface area contributed by atoms with Crippen LogP contribution in [0.2, 0.25) is 0 Å². The summed E-state index contributed by atoms with van der Waals surface area (Å²) < 4.78 is 18.5. The average Bonchev–Trinajstić information content (AvgIpc) is 2.81. The van der Waals surface area contributed by atoms with Crippen molar-refractivity contribution in [3.05, 3.63) is 48.0 Å². The zero-order valence-corrected chi connectivity index (χ0v) is 9.50. The summed E-state index contributed by atoms with van der Waals surface area (Å²) in [6, 6.07) is 5.59. The number of carbonyl (C=O) groups is 1. The summed E-state index contributed by atoms with van der Waals surface area (Å²) in [5, 5.41) is 8.88. The van der Waals surface area contributed by atoms with Crippen LogP contribution < -0.4 is 0 Å². The molecule has 0 saturated carbocycles. The molecule has 3 rings (SSSR count). The maximum Gasteiger partial charge on any atom is 0.335 e. The van der Waals surface area contributed by atoms with Crippen molar-refractivity contribution < 1.29 is 18.7 Å². The van der Waals surface area contributed by atoms with Gasteiger partial charge in [-0.1, -0.05) is 0 Å². The van der Waals surface area contributed by atoms with Gasteiger partial charge in [-0.25, -0.2) is 14.2 Å². The van der Waals surface area contributed by atoms with E-state index < -0.39 is 11.8 Å². The highest BCUT2D eigenvalue weighted by atomic mass is 19.1. The number of aromatic carboxylic acids is 1. The molecule has 0 amide bonds. The minimum atomic E-state index is -1.05. The highest BCUT2D eigenvalue weighted by Gasteiger charge is 2.11. The summed E-state index contributed by atoms with van der Waals surface area (Å²) in [5.41, 5.74) is 1.34. The largest absolute Gasteiger partial charge is 0.478 e. The molecule has 0 aliphatic carbocycles. The molecule has 2 aromatic heterocycles. The van der Waals surface area contributed by atoms with Crippen molar-refractivity contribution in [1.29, 1.82) is 0 Å². The Balaban J connectivity index is 2.14. The van der Waals surface area contributed by atoms with Crippen molar-refractivity contribution in [3.63, 3.8) is 0 Å². The summed E-state index contributed by atoms with van der Waals surface area (Å²) in [7, 11) is 0. The first-order valence-corrected chi connectivity index (χ1v) is 5.38. The van der Waals surface area contributed by atoms with Gasteiger partial charge >= 0.3 is 5.97 Å². The van der Waals surface area contributed by atoms with Crippen molar-refractivity contribution in [2.45, 2.75) is 0 Å². The Hall–Kier alpha value is -2.76. The lowest BCUT2D eigenvalue weighted by Crippen LogP contribution is -1.94. The molecule has 0 atom stereocenters. The van der Waals surface area contributed by atoms with Gasteiger partial charge in [0.1, 0.15) is 11.3 Å². The van der Waals surface area contributed by atoms with Crippen molar-refractivity contribution in [2.75, 3.05) is 0 Å². The second-order valence-electron chi connectivity index (χ2n) is 3.90. The van der Waals surface area contributed by atoms with Crippen LogP contribution >= 0.6 is 0 Å². The van der Waals surface area contributed by atoms with E-state index in [1.807, 2.05) is 0 Å². The first-order valence-electron chi connectivity index (χ1n) is 5.38. The van der Waals surface area contributed by atoms with Gasteiger partial charge in [0, 0.05) is 6.20 Å².